The Hall–Kier alpha value is -2.88. The highest BCUT2D eigenvalue weighted by Gasteiger charge is 2.22. The van der Waals surface area contributed by atoms with Gasteiger partial charge in [0.15, 0.2) is 0 Å². The minimum Gasteiger partial charge on any atom is -0.383 e. The maximum absolute atomic E-state index is 13.2. The molecule has 2 heterocycles. The summed E-state index contributed by atoms with van der Waals surface area (Å²) in [5.41, 5.74) is 2.26. The van der Waals surface area contributed by atoms with E-state index in [0.717, 1.165) is 43.4 Å². The number of ether oxygens (including phenoxy) is 1. The third-order valence-electron chi connectivity index (χ3n) is 6.14. The molecule has 4 rings (SSSR count). The molecular formula is C26H32FN5O2S. The SMILES string of the molecule is COCCN(CCC(=O)N1CCN(Cc2ccccc2)CC1)c1nc(Cc2ccc(F)cc2)ns1. The van der Waals surface area contributed by atoms with Gasteiger partial charge in [0, 0.05) is 77.3 Å². The molecule has 186 valence electrons. The number of nitrogens with zero attached hydrogens (tertiary/aromatic N) is 5. The molecule has 0 saturated carbocycles. The minimum absolute atomic E-state index is 0.169. The van der Waals surface area contributed by atoms with Crippen LogP contribution in [0.25, 0.3) is 0 Å². The lowest BCUT2D eigenvalue weighted by Gasteiger charge is -2.35. The summed E-state index contributed by atoms with van der Waals surface area (Å²) in [4.78, 5) is 24.0. The van der Waals surface area contributed by atoms with Gasteiger partial charge in [0.05, 0.1) is 6.61 Å². The lowest BCUT2D eigenvalue weighted by molar-refractivity contribution is -0.132. The zero-order chi connectivity index (χ0) is 24.5. The van der Waals surface area contributed by atoms with E-state index in [1.165, 1.54) is 29.2 Å². The van der Waals surface area contributed by atoms with Gasteiger partial charge in [-0.2, -0.15) is 4.37 Å². The summed E-state index contributed by atoms with van der Waals surface area (Å²) in [6.07, 6.45) is 0.969. The van der Waals surface area contributed by atoms with Crippen molar-refractivity contribution in [1.29, 1.82) is 0 Å². The lowest BCUT2D eigenvalue weighted by atomic mass is 10.1. The van der Waals surface area contributed by atoms with E-state index in [4.69, 9.17) is 4.74 Å². The highest BCUT2D eigenvalue weighted by molar-refractivity contribution is 7.09. The Bertz CT molecular complexity index is 1060. The number of piperazine rings is 1. The van der Waals surface area contributed by atoms with Gasteiger partial charge >= 0.3 is 0 Å². The maximum Gasteiger partial charge on any atom is 0.224 e. The zero-order valence-electron chi connectivity index (χ0n) is 20.1. The van der Waals surface area contributed by atoms with Crippen molar-refractivity contribution in [2.24, 2.45) is 0 Å². The summed E-state index contributed by atoms with van der Waals surface area (Å²) in [5.74, 6) is 0.608. The van der Waals surface area contributed by atoms with Crippen LogP contribution in [0.1, 0.15) is 23.4 Å². The summed E-state index contributed by atoms with van der Waals surface area (Å²) >= 11 is 1.32. The van der Waals surface area contributed by atoms with E-state index >= 15 is 0 Å². The smallest absolute Gasteiger partial charge is 0.224 e. The van der Waals surface area contributed by atoms with Gasteiger partial charge in [0.25, 0.3) is 0 Å². The van der Waals surface area contributed by atoms with Crippen LogP contribution in [-0.4, -0.2) is 78.0 Å². The van der Waals surface area contributed by atoms with E-state index in [2.05, 4.69) is 43.4 Å². The van der Waals surface area contributed by atoms with Gasteiger partial charge in [0.1, 0.15) is 11.6 Å². The number of carbonyl (C=O) groups is 1. The first-order valence-electron chi connectivity index (χ1n) is 12.0. The largest absolute Gasteiger partial charge is 0.383 e. The van der Waals surface area contributed by atoms with Crippen molar-refractivity contribution in [3.8, 4) is 0 Å². The van der Waals surface area contributed by atoms with Crippen LogP contribution in [0.5, 0.6) is 0 Å². The first kappa shape index (κ1) is 25.2. The van der Waals surface area contributed by atoms with Crippen LogP contribution in [0.15, 0.2) is 54.6 Å². The molecule has 9 heteroatoms. The molecular weight excluding hydrogens is 465 g/mol. The van der Waals surface area contributed by atoms with E-state index in [-0.39, 0.29) is 11.7 Å². The van der Waals surface area contributed by atoms with Crippen molar-refractivity contribution in [2.75, 3.05) is 57.9 Å². The number of halogens is 1. The van der Waals surface area contributed by atoms with E-state index in [1.807, 2.05) is 11.0 Å². The third kappa shape index (κ3) is 7.55. The fourth-order valence-electron chi connectivity index (χ4n) is 4.12. The molecule has 1 aliphatic rings. The van der Waals surface area contributed by atoms with Crippen molar-refractivity contribution in [3.63, 3.8) is 0 Å². The Morgan fingerprint density at radius 3 is 2.49 bits per heavy atom. The van der Waals surface area contributed by atoms with Gasteiger partial charge in [-0.3, -0.25) is 9.69 Å². The number of hydrogen-bond acceptors (Lipinski definition) is 7. The van der Waals surface area contributed by atoms with E-state index in [0.29, 0.717) is 38.4 Å². The molecule has 3 aromatic rings. The zero-order valence-corrected chi connectivity index (χ0v) is 20.9. The van der Waals surface area contributed by atoms with Crippen LogP contribution in [0, 0.1) is 5.82 Å². The summed E-state index contributed by atoms with van der Waals surface area (Å²) in [7, 11) is 1.67. The molecule has 1 amide bonds. The number of amides is 1. The first-order valence-corrected chi connectivity index (χ1v) is 12.7. The molecule has 1 aliphatic heterocycles. The molecule has 1 aromatic heterocycles. The maximum atomic E-state index is 13.2. The number of aromatic nitrogens is 2. The van der Waals surface area contributed by atoms with Crippen LogP contribution in [0.4, 0.5) is 9.52 Å². The van der Waals surface area contributed by atoms with E-state index in [9.17, 15) is 9.18 Å². The molecule has 35 heavy (non-hydrogen) atoms. The molecule has 1 saturated heterocycles. The monoisotopic (exact) mass is 497 g/mol. The second-order valence-electron chi connectivity index (χ2n) is 8.67. The molecule has 0 bridgehead atoms. The van der Waals surface area contributed by atoms with Crippen LogP contribution in [-0.2, 0) is 22.5 Å². The molecule has 0 radical (unpaired) electrons. The second-order valence-corrected chi connectivity index (χ2v) is 9.40. The molecule has 1 fully saturated rings. The predicted octanol–water partition coefficient (Wildman–Crippen LogP) is 3.46. The topological polar surface area (TPSA) is 61.8 Å². The van der Waals surface area contributed by atoms with Crippen molar-refractivity contribution < 1.29 is 13.9 Å². The molecule has 0 atom stereocenters. The summed E-state index contributed by atoms with van der Waals surface area (Å²) in [6, 6.07) is 16.8. The molecule has 0 aliphatic carbocycles. The van der Waals surface area contributed by atoms with Crippen LogP contribution in [0.3, 0.4) is 0 Å². The van der Waals surface area contributed by atoms with Gasteiger partial charge < -0.3 is 14.5 Å². The molecule has 0 unspecified atom stereocenters. The Morgan fingerprint density at radius 1 is 1.03 bits per heavy atom. The van der Waals surface area contributed by atoms with Crippen molar-refractivity contribution in [2.45, 2.75) is 19.4 Å². The van der Waals surface area contributed by atoms with Gasteiger partial charge in [-0.05, 0) is 23.3 Å². The summed E-state index contributed by atoms with van der Waals surface area (Å²) in [6.45, 7) is 5.95. The van der Waals surface area contributed by atoms with Crippen LogP contribution >= 0.6 is 11.5 Å². The van der Waals surface area contributed by atoms with Gasteiger partial charge in [-0.1, -0.05) is 42.5 Å². The standard InChI is InChI=1S/C26H32FN5O2S/c1-34-18-17-32(26-28-24(29-35-26)19-21-7-9-23(27)10-8-21)12-11-25(33)31-15-13-30(14-16-31)20-22-5-3-2-4-6-22/h2-10H,11-20H2,1H3. The van der Waals surface area contributed by atoms with Crippen molar-refractivity contribution in [3.05, 3.63) is 77.4 Å². The number of hydrogen-bond donors (Lipinski definition) is 0. The predicted molar refractivity (Wildman–Crippen MR) is 136 cm³/mol. The van der Waals surface area contributed by atoms with Crippen LogP contribution in [0.2, 0.25) is 0 Å². The lowest BCUT2D eigenvalue weighted by Crippen LogP contribution is -2.48. The quantitative estimate of drug-likeness (QED) is 0.404. The molecule has 7 nitrogen and oxygen atoms in total. The Balaban J connectivity index is 1.27. The average Bonchev–Trinajstić information content (AvgIpc) is 3.34. The van der Waals surface area contributed by atoms with Gasteiger partial charge in [0.2, 0.25) is 11.0 Å². The number of anilines is 1. The van der Waals surface area contributed by atoms with E-state index < -0.39 is 0 Å². The molecule has 0 N–H and O–H groups in total. The second kappa shape index (κ2) is 12.7. The number of benzene rings is 2. The minimum atomic E-state index is -0.256. The Kier molecular flexibility index (Phi) is 9.16. The number of rotatable bonds is 11. The van der Waals surface area contributed by atoms with Gasteiger partial charge in [-0.15, -0.1) is 0 Å². The van der Waals surface area contributed by atoms with E-state index in [1.54, 1.807) is 19.2 Å². The third-order valence-corrected chi connectivity index (χ3v) is 6.95. The van der Waals surface area contributed by atoms with Crippen molar-refractivity contribution in [1.82, 2.24) is 19.2 Å². The highest BCUT2D eigenvalue weighted by Crippen LogP contribution is 2.20. The Labute approximate surface area is 210 Å². The Morgan fingerprint density at radius 2 is 1.77 bits per heavy atom. The average molecular weight is 498 g/mol. The number of carbonyl (C=O) groups excluding carboxylic acids is 1. The highest BCUT2D eigenvalue weighted by atomic mass is 32.1. The normalized spacial score (nSPS) is 14.3. The summed E-state index contributed by atoms with van der Waals surface area (Å²) in [5, 5.41) is 0.777. The fraction of sp³-hybridized carbons (Fsp3) is 0.423. The van der Waals surface area contributed by atoms with Crippen LogP contribution < -0.4 is 4.90 Å². The van der Waals surface area contributed by atoms with Gasteiger partial charge in [-0.25, -0.2) is 9.37 Å². The molecule has 0 spiro atoms. The number of methoxy groups -OCH3 is 1. The fourth-order valence-corrected chi connectivity index (χ4v) is 4.86. The summed E-state index contributed by atoms with van der Waals surface area (Å²) < 4.78 is 22.9. The van der Waals surface area contributed by atoms with Crippen molar-refractivity contribution >= 4 is 22.6 Å². The molecule has 2 aromatic carbocycles. The first-order chi connectivity index (χ1) is 17.1.